The van der Waals surface area contributed by atoms with Crippen LogP contribution in [0.3, 0.4) is 0 Å². The van der Waals surface area contributed by atoms with E-state index in [1.54, 1.807) is 0 Å². The van der Waals surface area contributed by atoms with Gasteiger partial charge in [0, 0.05) is 11.8 Å². The summed E-state index contributed by atoms with van der Waals surface area (Å²) in [5.74, 6) is 3.34. The van der Waals surface area contributed by atoms with Crippen LogP contribution in [0.4, 0.5) is 0 Å². The third-order valence-electron chi connectivity index (χ3n) is 10.1. The summed E-state index contributed by atoms with van der Waals surface area (Å²) in [6, 6.07) is 0. The van der Waals surface area contributed by atoms with E-state index in [4.69, 9.17) is 0 Å². The molecule has 0 unspecified atom stereocenters. The highest BCUT2D eigenvalue weighted by Gasteiger charge is 2.63. The molecule has 0 aromatic rings. The van der Waals surface area contributed by atoms with Gasteiger partial charge in [-0.2, -0.15) is 0 Å². The van der Waals surface area contributed by atoms with Crippen molar-refractivity contribution in [3.63, 3.8) is 0 Å². The fourth-order valence-electron chi connectivity index (χ4n) is 7.56. The largest absolute Gasteiger partial charge is 0.381 e. The van der Waals surface area contributed by atoms with E-state index in [2.05, 4.69) is 59.8 Å². The third-order valence-corrected chi connectivity index (χ3v) is 10.1. The lowest BCUT2D eigenvalue weighted by Crippen LogP contribution is -2.61. The lowest BCUT2D eigenvalue weighted by Gasteiger charge is -2.58. The van der Waals surface area contributed by atoms with Crippen molar-refractivity contribution in [1.82, 2.24) is 0 Å². The van der Waals surface area contributed by atoms with Crippen LogP contribution in [0.1, 0.15) is 80.1 Å². The van der Waals surface area contributed by atoms with Crippen molar-refractivity contribution in [2.75, 3.05) is 0 Å². The first-order chi connectivity index (χ1) is 14.0. The number of allylic oxidation sites excluding steroid dienone is 4. The molecule has 1 N–H and O–H groups in total. The summed E-state index contributed by atoms with van der Waals surface area (Å²) in [4.78, 5) is 13.2. The zero-order valence-corrected chi connectivity index (χ0v) is 19.9. The van der Waals surface area contributed by atoms with Crippen molar-refractivity contribution < 1.29 is 9.90 Å². The van der Waals surface area contributed by atoms with Gasteiger partial charge in [0.2, 0.25) is 0 Å². The van der Waals surface area contributed by atoms with Crippen molar-refractivity contribution in [2.24, 2.45) is 46.3 Å². The van der Waals surface area contributed by atoms with Crippen LogP contribution in [0.2, 0.25) is 0 Å². The van der Waals surface area contributed by atoms with E-state index in [1.165, 1.54) is 24.8 Å². The van der Waals surface area contributed by atoms with Gasteiger partial charge in [-0.15, -0.1) is 0 Å². The number of carbonyl (C=O) groups excluding carboxylic acids is 1. The van der Waals surface area contributed by atoms with Crippen molar-refractivity contribution >= 4 is 5.78 Å². The highest BCUT2D eigenvalue weighted by atomic mass is 16.3. The number of carbonyl (C=O) groups is 1. The summed E-state index contributed by atoms with van der Waals surface area (Å²) in [6.07, 6.45) is 17.1. The number of hydrogen-bond donors (Lipinski definition) is 1. The molecule has 0 aliphatic heterocycles. The molecule has 0 spiro atoms. The van der Waals surface area contributed by atoms with Crippen LogP contribution in [-0.4, -0.2) is 16.5 Å². The van der Waals surface area contributed by atoms with Gasteiger partial charge in [0.1, 0.15) is 5.60 Å². The second-order valence-corrected chi connectivity index (χ2v) is 11.8. The van der Waals surface area contributed by atoms with Crippen LogP contribution in [0, 0.1) is 46.3 Å². The number of hydrogen-bond acceptors (Lipinski definition) is 2. The summed E-state index contributed by atoms with van der Waals surface area (Å²) < 4.78 is 0. The normalized spacial score (nSPS) is 45.1. The first-order valence-electron chi connectivity index (χ1n) is 12.4. The number of rotatable bonds is 4. The van der Waals surface area contributed by atoms with Gasteiger partial charge in [0.25, 0.3) is 0 Å². The monoisotopic (exact) mass is 410 g/mol. The van der Waals surface area contributed by atoms with Crippen molar-refractivity contribution in [2.45, 2.75) is 85.7 Å². The Hall–Kier alpha value is -1.15. The topological polar surface area (TPSA) is 37.3 Å². The van der Waals surface area contributed by atoms with Crippen molar-refractivity contribution in [3.8, 4) is 0 Å². The van der Waals surface area contributed by atoms with Crippen LogP contribution >= 0.6 is 0 Å². The molecular formula is C28H42O2. The van der Waals surface area contributed by atoms with E-state index >= 15 is 0 Å². The van der Waals surface area contributed by atoms with Crippen LogP contribution in [-0.2, 0) is 4.79 Å². The first kappa shape index (κ1) is 22.1. The maximum absolute atomic E-state index is 13.2. The molecule has 0 bridgehead atoms. The molecule has 4 aliphatic carbocycles. The van der Waals surface area contributed by atoms with Gasteiger partial charge in [0.15, 0.2) is 5.78 Å². The van der Waals surface area contributed by atoms with Crippen LogP contribution < -0.4 is 0 Å². The smallest absolute Gasteiger partial charge is 0.188 e. The number of ketones is 1. The fraction of sp³-hybridized carbons (Fsp3) is 0.750. The van der Waals surface area contributed by atoms with Gasteiger partial charge in [-0.25, -0.2) is 0 Å². The predicted molar refractivity (Wildman–Crippen MR) is 124 cm³/mol. The lowest BCUT2D eigenvalue weighted by molar-refractivity contribution is -0.160. The summed E-state index contributed by atoms with van der Waals surface area (Å²) >= 11 is 0. The second-order valence-electron chi connectivity index (χ2n) is 11.8. The van der Waals surface area contributed by atoms with E-state index in [9.17, 15) is 9.90 Å². The highest BCUT2D eigenvalue weighted by Crippen LogP contribution is 2.66. The molecule has 30 heavy (non-hydrogen) atoms. The molecule has 166 valence electrons. The molecule has 2 heteroatoms. The van der Waals surface area contributed by atoms with E-state index < -0.39 is 5.60 Å². The van der Waals surface area contributed by atoms with Crippen LogP contribution in [0.15, 0.2) is 36.0 Å². The quantitative estimate of drug-likeness (QED) is 0.536. The molecule has 0 radical (unpaired) electrons. The minimum absolute atomic E-state index is 0.0352. The first-order valence-corrected chi connectivity index (χ1v) is 12.4. The lowest BCUT2D eigenvalue weighted by atomic mass is 9.47. The maximum Gasteiger partial charge on any atom is 0.188 e. The SMILES string of the molecule is CC(C)[C@@H](C)/C=C/[C@@H](C)[C@H]1CC[C@H]2C3=CC(=O)[C@@]4(O)CC=CC[C@]4(C)[C@H]3CC[C@]12C. The van der Waals surface area contributed by atoms with Crippen molar-refractivity contribution in [3.05, 3.63) is 36.0 Å². The minimum atomic E-state index is -1.20. The summed E-state index contributed by atoms with van der Waals surface area (Å²) in [7, 11) is 0. The Labute approximate surface area is 183 Å². The molecule has 0 amide bonds. The predicted octanol–water partition coefficient (Wildman–Crippen LogP) is 6.51. The molecule has 2 fully saturated rings. The van der Waals surface area contributed by atoms with Gasteiger partial charge < -0.3 is 5.11 Å². The second kappa shape index (κ2) is 7.47. The summed E-state index contributed by atoms with van der Waals surface area (Å²) in [6.45, 7) is 14.0. The van der Waals surface area contributed by atoms with Crippen molar-refractivity contribution in [1.29, 1.82) is 0 Å². The number of fused-ring (bicyclic) bond motifs is 5. The Morgan fingerprint density at radius 1 is 1.00 bits per heavy atom. The van der Waals surface area contributed by atoms with Crippen LogP contribution in [0.25, 0.3) is 0 Å². The zero-order valence-electron chi connectivity index (χ0n) is 19.9. The van der Waals surface area contributed by atoms with Gasteiger partial charge >= 0.3 is 0 Å². The molecule has 0 aromatic carbocycles. The average molecular weight is 411 g/mol. The maximum atomic E-state index is 13.2. The zero-order chi connectivity index (χ0) is 21.9. The summed E-state index contributed by atoms with van der Waals surface area (Å²) in [5, 5.41) is 11.4. The van der Waals surface area contributed by atoms with Gasteiger partial charge in [-0.05, 0) is 79.1 Å². The standard InChI is InChI=1S/C28H42O2/c1-18(2)19(3)9-10-20(4)22-11-12-23-21-17-25(29)28(30)15-8-7-14-27(28,6)24(21)13-16-26(22,23)5/h7-10,17-20,22-24,30H,11-16H2,1-6H3/b10-9+/t19-,20+,22+,23-,24-,26+,27+,28-/m0/s1. The van der Waals surface area contributed by atoms with Gasteiger partial charge in [-0.3, -0.25) is 4.79 Å². The number of aliphatic hydroxyl groups is 1. The fourth-order valence-corrected chi connectivity index (χ4v) is 7.56. The molecular weight excluding hydrogens is 368 g/mol. The molecule has 2 saturated carbocycles. The van der Waals surface area contributed by atoms with E-state index in [1.807, 2.05) is 12.2 Å². The molecule has 0 heterocycles. The van der Waals surface area contributed by atoms with E-state index in [-0.39, 0.29) is 16.6 Å². The molecule has 4 rings (SSSR count). The minimum Gasteiger partial charge on any atom is -0.381 e. The Morgan fingerprint density at radius 2 is 1.70 bits per heavy atom. The average Bonchev–Trinajstić information content (AvgIpc) is 3.05. The molecule has 2 nitrogen and oxygen atoms in total. The summed E-state index contributed by atoms with van der Waals surface area (Å²) in [5.41, 5.74) is 0.0973. The Kier molecular flexibility index (Phi) is 5.49. The Balaban J connectivity index is 1.62. The van der Waals surface area contributed by atoms with E-state index in [0.29, 0.717) is 41.9 Å². The molecule has 8 atom stereocenters. The highest BCUT2D eigenvalue weighted by molar-refractivity contribution is 6.00. The molecule has 0 saturated heterocycles. The molecule has 0 aromatic heterocycles. The Bertz CT molecular complexity index is 788. The van der Waals surface area contributed by atoms with Gasteiger partial charge in [-0.1, -0.05) is 71.4 Å². The van der Waals surface area contributed by atoms with Crippen LogP contribution in [0.5, 0.6) is 0 Å². The molecule has 4 aliphatic rings. The van der Waals surface area contributed by atoms with E-state index in [0.717, 1.165) is 12.8 Å². The Morgan fingerprint density at radius 3 is 2.40 bits per heavy atom. The third kappa shape index (κ3) is 3.04. The van der Waals surface area contributed by atoms with Gasteiger partial charge in [0.05, 0.1) is 0 Å².